The summed E-state index contributed by atoms with van der Waals surface area (Å²) in [6, 6.07) is 0. The Hall–Kier alpha value is -0.500. The molecule has 0 aromatic carbocycles. The van der Waals surface area contributed by atoms with Gasteiger partial charge in [0.05, 0.1) is 12.4 Å². The van der Waals surface area contributed by atoms with Crippen molar-refractivity contribution in [2.45, 2.75) is 37.9 Å². The van der Waals surface area contributed by atoms with Crippen molar-refractivity contribution >= 4 is 0 Å². The van der Waals surface area contributed by atoms with Crippen LogP contribution in [0.1, 0.15) is 25.7 Å². The molecule has 0 amide bonds. The van der Waals surface area contributed by atoms with Gasteiger partial charge < -0.3 is 9.84 Å². The van der Waals surface area contributed by atoms with Crippen molar-refractivity contribution in [2.24, 2.45) is 5.92 Å². The van der Waals surface area contributed by atoms with Gasteiger partial charge in [-0.3, -0.25) is 0 Å². The molecule has 2 heteroatoms. The van der Waals surface area contributed by atoms with E-state index in [1.807, 2.05) is 0 Å². The van der Waals surface area contributed by atoms with Crippen molar-refractivity contribution < 1.29 is 9.84 Å². The molecular formula is C9H14O2. The quantitative estimate of drug-likeness (QED) is 0.572. The van der Waals surface area contributed by atoms with Gasteiger partial charge in [0.25, 0.3) is 0 Å². The van der Waals surface area contributed by atoms with E-state index >= 15 is 0 Å². The molecule has 1 aliphatic carbocycles. The average molecular weight is 154 g/mol. The first kappa shape index (κ1) is 7.17. The van der Waals surface area contributed by atoms with E-state index < -0.39 is 0 Å². The SMILES string of the molecule is O[C@@H]1C=CO[C@@H]2CCCC[C@@H]12. The van der Waals surface area contributed by atoms with Crippen LogP contribution in [0.5, 0.6) is 0 Å². The van der Waals surface area contributed by atoms with Gasteiger partial charge in [0, 0.05) is 5.92 Å². The highest BCUT2D eigenvalue weighted by Gasteiger charge is 2.32. The maximum Gasteiger partial charge on any atom is 0.103 e. The van der Waals surface area contributed by atoms with Crippen LogP contribution in [0.15, 0.2) is 12.3 Å². The predicted octanol–water partition coefficient (Wildman–Crippen LogP) is 1.45. The minimum absolute atomic E-state index is 0.256. The Labute approximate surface area is 66.9 Å². The number of aliphatic hydroxyl groups excluding tert-OH is 1. The van der Waals surface area contributed by atoms with Crippen molar-refractivity contribution in [1.29, 1.82) is 0 Å². The average Bonchev–Trinajstić information content (AvgIpc) is 2.06. The van der Waals surface area contributed by atoms with Gasteiger partial charge in [0.2, 0.25) is 0 Å². The summed E-state index contributed by atoms with van der Waals surface area (Å²) in [5.41, 5.74) is 0. The van der Waals surface area contributed by atoms with Crippen molar-refractivity contribution in [1.82, 2.24) is 0 Å². The molecule has 2 rings (SSSR count). The lowest BCUT2D eigenvalue weighted by atomic mass is 9.82. The lowest BCUT2D eigenvalue weighted by Gasteiger charge is -2.35. The van der Waals surface area contributed by atoms with Gasteiger partial charge in [0.1, 0.15) is 6.10 Å². The molecule has 1 aliphatic heterocycles. The number of aliphatic hydroxyl groups is 1. The Morgan fingerprint density at radius 2 is 2.09 bits per heavy atom. The maximum absolute atomic E-state index is 9.54. The smallest absolute Gasteiger partial charge is 0.103 e. The Balaban J connectivity index is 2.08. The molecule has 1 heterocycles. The fourth-order valence-electron chi connectivity index (χ4n) is 2.05. The Morgan fingerprint density at radius 3 is 2.91 bits per heavy atom. The third kappa shape index (κ3) is 1.27. The largest absolute Gasteiger partial charge is 0.498 e. The number of ether oxygens (including phenoxy) is 1. The molecule has 0 unspecified atom stereocenters. The number of hydrogen-bond donors (Lipinski definition) is 1. The highest BCUT2D eigenvalue weighted by molar-refractivity contribution is 4.97. The van der Waals surface area contributed by atoms with Gasteiger partial charge >= 0.3 is 0 Å². The summed E-state index contributed by atoms with van der Waals surface area (Å²) in [4.78, 5) is 0. The monoisotopic (exact) mass is 154 g/mol. The van der Waals surface area contributed by atoms with Crippen LogP contribution in [0.4, 0.5) is 0 Å². The molecule has 2 nitrogen and oxygen atoms in total. The van der Waals surface area contributed by atoms with Crippen LogP contribution in [-0.4, -0.2) is 17.3 Å². The molecule has 0 aromatic rings. The van der Waals surface area contributed by atoms with E-state index in [4.69, 9.17) is 4.74 Å². The van der Waals surface area contributed by atoms with E-state index in [9.17, 15) is 5.11 Å². The molecule has 0 spiro atoms. The minimum atomic E-state index is -0.256. The second kappa shape index (κ2) is 2.86. The summed E-state index contributed by atoms with van der Waals surface area (Å²) >= 11 is 0. The highest BCUT2D eigenvalue weighted by atomic mass is 16.5. The van der Waals surface area contributed by atoms with E-state index in [1.165, 1.54) is 12.8 Å². The molecule has 1 fully saturated rings. The fourth-order valence-corrected chi connectivity index (χ4v) is 2.05. The first-order valence-electron chi connectivity index (χ1n) is 4.38. The Bertz CT molecular complexity index is 165. The third-order valence-corrected chi connectivity index (χ3v) is 2.72. The van der Waals surface area contributed by atoms with Gasteiger partial charge in [-0.25, -0.2) is 0 Å². The molecule has 2 aliphatic rings. The molecule has 0 radical (unpaired) electrons. The maximum atomic E-state index is 9.54. The van der Waals surface area contributed by atoms with Gasteiger partial charge in [0.15, 0.2) is 0 Å². The van der Waals surface area contributed by atoms with Gasteiger partial charge in [-0.05, 0) is 25.3 Å². The number of hydrogen-bond acceptors (Lipinski definition) is 2. The molecular weight excluding hydrogens is 140 g/mol. The predicted molar refractivity (Wildman–Crippen MR) is 42.0 cm³/mol. The fraction of sp³-hybridized carbons (Fsp3) is 0.778. The van der Waals surface area contributed by atoms with Crippen LogP contribution in [-0.2, 0) is 4.74 Å². The zero-order chi connectivity index (χ0) is 7.68. The summed E-state index contributed by atoms with van der Waals surface area (Å²) in [7, 11) is 0. The van der Waals surface area contributed by atoms with E-state index in [1.54, 1.807) is 12.3 Å². The molecule has 1 N–H and O–H groups in total. The molecule has 0 saturated heterocycles. The number of fused-ring (bicyclic) bond motifs is 1. The first-order valence-corrected chi connectivity index (χ1v) is 4.38. The molecule has 1 saturated carbocycles. The van der Waals surface area contributed by atoms with E-state index in [0.717, 1.165) is 12.8 Å². The van der Waals surface area contributed by atoms with Gasteiger partial charge in [-0.1, -0.05) is 6.42 Å². The van der Waals surface area contributed by atoms with Crippen LogP contribution >= 0.6 is 0 Å². The lowest BCUT2D eigenvalue weighted by Crippen LogP contribution is -2.37. The highest BCUT2D eigenvalue weighted by Crippen LogP contribution is 2.32. The zero-order valence-corrected chi connectivity index (χ0v) is 6.57. The van der Waals surface area contributed by atoms with Crippen LogP contribution in [0.25, 0.3) is 0 Å². The summed E-state index contributed by atoms with van der Waals surface area (Å²) in [6.45, 7) is 0. The van der Waals surface area contributed by atoms with E-state index in [-0.39, 0.29) is 6.10 Å². The zero-order valence-electron chi connectivity index (χ0n) is 6.57. The van der Waals surface area contributed by atoms with Gasteiger partial charge in [-0.15, -0.1) is 0 Å². The normalized spacial score (nSPS) is 42.8. The third-order valence-electron chi connectivity index (χ3n) is 2.72. The molecule has 3 atom stereocenters. The minimum Gasteiger partial charge on any atom is -0.498 e. The van der Waals surface area contributed by atoms with Crippen molar-refractivity contribution in [3.8, 4) is 0 Å². The van der Waals surface area contributed by atoms with Crippen LogP contribution < -0.4 is 0 Å². The molecule has 62 valence electrons. The summed E-state index contributed by atoms with van der Waals surface area (Å²) in [5.74, 6) is 0.369. The van der Waals surface area contributed by atoms with E-state index in [0.29, 0.717) is 12.0 Å². The first-order chi connectivity index (χ1) is 5.38. The molecule has 0 aromatic heterocycles. The van der Waals surface area contributed by atoms with E-state index in [2.05, 4.69) is 0 Å². The topological polar surface area (TPSA) is 29.5 Å². The van der Waals surface area contributed by atoms with Crippen LogP contribution in [0.3, 0.4) is 0 Å². The van der Waals surface area contributed by atoms with Crippen molar-refractivity contribution in [2.75, 3.05) is 0 Å². The second-order valence-electron chi connectivity index (χ2n) is 3.44. The standard InChI is InChI=1S/C9H14O2/c10-8-5-6-11-9-4-2-1-3-7(8)9/h5-10H,1-4H2/t7-,8+,9+/m0/s1. The van der Waals surface area contributed by atoms with Crippen LogP contribution in [0, 0.1) is 5.92 Å². The van der Waals surface area contributed by atoms with Crippen molar-refractivity contribution in [3.63, 3.8) is 0 Å². The number of rotatable bonds is 0. The molecule has 0 bridgehead atoms. The van der Waals surface area contributed by atoms with Gasteiger partial charge in [-0.2, -0.15) is 0 Å². The lowest BCUT2D eigenvalue weighted by molar-refractivity contribution is -0.0211. The Kier molecular flexibility index (Phi) is 1.86. The van der Waals surface area contributed by atoms with Crippen LogP contribution in [0.2, 0.25) is 0 Å². The Morgan fingerprint density at radius 1 is 1.27 bits per heavy atom. The van der Waals surface area contributed by atoms with Crippen molar-refractivity contribution in [3.05, 3.63) is 12.3 Å². The summed E-state index contributed by atoms with van der Waals surface area (Å²) < 4.78 is 5.41. The summed E-state index contributed by atoms with van der Waals surface area (Å²) in [6.07, 6.45) is 8.18. The summed E-state index contributed by atoms with van der Waals surface area (Å²) in [5, 5.41) is 9.54. The second-order valence-corrected chi connectivity index (χ2v) is 3.44. The molecule has 11 heavy (non-hydrogen) atoms.